The summed E-state index contributed by atoms with van der Waals surface area (Å²) in [6.07, 6.45) is 0. The number of hydrogen-bond acceptors (Lipinski definition) is 1. The van der Waals surface area contributed by atoms with E-state index in [1.807, 2.05) is 30.3 Å². The standard InChI is InChI=1S/C12H6Cl2O/c13-8-4-2-6-10-11(8)7-3-1-5-9(14)12(7)15-10/h1-6H. The lowest BCUT2D eigenvalue weighted by Crippen LogP contribution is -1.68. The molecule has 1 heterocycles. The first-order valence-corrected chi connectivity index (χ1v) is 5.28. The van der Waals surface area contributed by atoms with Crippen molar-refractivity contribution in [3.05, 3.63) is 46.4 Å². The van der Waals surface area contributed by atoms with Crippen molar-refractivity contribution in [1.29, 1.82) is 0 Å². The van der Waals surface area contributed by atoms with Crippen molar-refractivity contribution in [3.63, 3.8) is 0 Å². The molecule has 3 heteroatoms. The summed E-state index contributed by atoms with van der Waals surface area (Å²) in [6, 6.07) is 11.3. The zero-order valence-corrected chi connectivity index (χ0v) is 9.14. The van der Waals surface area contributed by atoms with Crippen LogP contribution in [0, 0.1) is 0 Å². The first kappa shape index (κ1) is 9.08. The first-order chi connectivity index (χ1) is 7.27. The van der Waals surface area contributed by atoms with Crippen LogP contribution in [0.5, 0.6) is 0 Å². The Balaban J connectivity index is 2.65. The Morgan fingerprint density at radius 2 is 1.60 bits per heavy atom. The molecule has 0 atom stereocenters. The summed E-state index contributed by atoms with van der Waals surface area (Å²) in [5.74, 6) is 0. The van der Waals surface area contributed by atoms with Crippen LogP contribution in [0.1, 0.15) is 0 Å². The van der Waals surface area contributed by atoms with E-state index in [-0.39, 0.29) is 0 Å². The second-order valence-corrected chi connectivity index (χ2v) is 4.15. The van der Waals surface area contributed by atoms with Gasteiger partial charge < -0.3 is 4.42 Å². The van der Waals surface area contributed by atoms with E-state index < -0.39 is 0 Å². The minimum absolute atomic E-state index is 0.611. The number of benzene rings is 2. The third-order valence-corrected chi connectivity index (χ3v) is 3.04. The summed E-state index contributed by atoms with van der Waals surface area (Å²) in [6.45, 7) is 0. The smallest absolute Gasteiger partial charge is 0.154 e. The summed E-state index contributed by atoms with van der Waals surface area (Å²) in [5, 5.41) is 3.19. The quantitative estimate of drug-likeness (QED) is 0.542. The highest BCUT2D eigenvalue weighted by molar-refractivity contribution is 6.40. The maximum Gasteiger partial charge on any atom is 0.154 e. The molecule has 0 aliphatic carbocycles. The van der Waals surface area contributed by atoms with E-state index in [0.29, 0.717) is 15.6 Å². The summed E-state index contributed by atoms with van der Waals surface area (Å²) >= 11 is 12.2. The van der Waals surface area contributed by atoms with Gasteiger partial charge in [0.25, 0.3) is 0 Å². The molecular formula is C12H6Cl2O. The van der Waals surface area contributed by atoms with Gasteiger partial charge in [-0.25, -0.2) is 0 Å². The normalized spacial score (nSPS) is 11.3. The SMILES string of the molecule is Clc1cccc2c1oc1cccc(Cl)c12. The number of halogens is 2. The summed E-state index contributed by atoms with van der Waals surface area (Å²) in [5.41, 5.74) is 1.47. The number of hydrogen-bond donors (Lipinski definition) is 0. The highest BCUT2D eigenvalue weighted by Gasteiger charge is 2.11. The molecule has 0 aliphatic rings. The molecule has 15 heavy (non-hydrogen) atoms. The fourth-order valence-electron chi connectivity index (χ4n) is 1.77. The van der Waals surface area contributed by atoms with Crippen LogP contribution in [0.4, 0.5) is 0 Å². The van der Waals surface area contributed by atoms with Gasteiger partial charge in [0.1, 0.15) is 5.58 Å². The van der Waals surface area contributed by atoms with Gasteiger partial charge in [-0.3, -0.25) is 0 Å². The third kappa shape index (κ3) is 1.24. The maximum atomic E-state index is 6.13. The molecule has 0 amide bonds. The van der Waals surface area contributed by atoms with Crippen LogP contribution >= 0.6 is 23.2 Å². The zero-order valence-electron chi connectivity index (χ0n) is 7.63. The van der Waals surface area contributed by atoms with E-state index in [0.717, 1.165) is 16.4 Å². The van der Waals surface area contributed by atoms with E-state index in [4.69, 9.17) is 27.6 Å². The van der Waals surface area contributed by atoms with Gasteiger partial charge in [0.05, 0.1) is 10.0 Å². The lowest BCUT2D eigenvalue weighted by Gasteiger charge is -1.92. The fourth-order valence-corrected chi connectivity index (χ4v) is 2.25. The average Bonchev–Trinajstić information content (AvgIpc) is 2.59. The summed E-state index contributed by atoms with van der Waals surface area (Å²) in [4.78, 5) is 0. The van der Waals surface area contributed by atoms with Crippen LogP contribution in [0.15, 0.2) is 40.8 Å². The molecule has 0 bridgehead atoms. The molecular weight excluding hydrogens is 231 g/mol. The fraction of sp³-hybridized carbons (Fsp3) is 0. The highest BCUT2D eigenvalue weighted by Crippen LogP contribution is 2.36. The maximum absolute atomic E-state index is 6.13. The van der Waals surface area contributed by atoms with Crippen LogP contribution in [0.2, 0.25) is 10.0 Å². The van der Waals surface area contributed by atoms with Gasteiger partial charge in [-0.1, -0.05) is 41.4 Å². The Hall–Kier alpha value is -1.18. The van der Waals surface area contributed by atoms with Crippen molar-refractivity contribution < 1.29 is 4.42 Å². The average molecular weight is 237 g/mol. The summed E-state index contributed by atoms with van der Waals surface area (Å²) in [7, 11) is 0. The van der Waals surface area contributed by atoms with Crippen molar-refractivity contribution in [2.24, 2.45) is 0 Å². The molecule has 0 fully saturated rings. The third-order valence-electron chi connectivity index (χ3n) is 2.42. The Bertz CT molecular complexity index is 655. The van der Waals surface area contributed by atoms with Crippen LogP contribution in [0.3, 0.4) is 0 Å². The van der Waals surface area contributed by atoms with Gasteiger partial charge in [0.2, 0.25) is 0 Å². The van der Waals surface area contributed by atoms with E-state index >= 15 is 0 Å². The number of furan rings is 1. The van der Waals surface area contributed by atoms with Crippen LogP contribution in [-0.4, -0.2) is 0 Å². The Morgan fingerprint density at radius 1 is 0.867 bits per heavy atom. The van der Waals surface area contributed by atoms with Crippen molar-refractivity contribution in [3.8, 4) is 0 Å². The van der Waals surface area contributed by atoms with E-state index in [1.165, 1.54) is 0 Å². The summed E-state index contributed by atoms with van der Waals surface area (Å²) < 4.78 is 5.65. The van der Waals surface area contributed by atoms with E-state index in [9.17, 15) is 0 Å². The van der Waals surface area contributed by atoms with Gasteiger partial charge in [0, 0.05) is 10.8 Å². The molecule has 3 rings (SSSR count). The van der Waals surface area contributed by atoms with Crippen molar-refractivity contribution in [2.45, 2.75) is 0 Å². The Labute approximate surface area is 96.2 Å². The van der Waals surface area contributed by atoms with E-state index in [2.05, 4.69) is 0 Å². The topological polar surface area (TPSA) is 13.1 Å². The molecule has 3 aromatic rings. The second kappa shape index (κ2) is 3.16. The lowest BCUT2D eigenvalue weighted by atomic mass is 10.1. The molecule has 0 saturated heterocycles. The minimum Gasteiger partial charge on any atom is -0.454 e. The minimum atomic E-state index is 0.611. The zero-order chi connectivity index (χ0) is 10.4. The van der Waals surface area contributed by atoms with Crippen molar-refractivity contribution in [2.75, 3.05) is 0 Å². The molecule has 0 saturated carbocycles. The van der Waals surface area contributed by atoms with Gasteiger partial charge in [-0.2, -0.15) is 0 Å². The largest absolute Gasteiger partial charge is 0.454 e. The lowest BCUT2D eigenvalue weighted by molar-refractivity contribution is 0.669. The highest BCUT2D eigenvalue weighted by atomic mass is 35.5. The Kier molecular flexibility index (Phi) is 1.91. The Morgan fingerprint density at radius 3 is 2.47 bits per heavy atom. The van der Waals surface area contributed by atoms with Crippen LogP contribution in [-0.2, 0) is 0 Å². The molecule has 0 unspecified atom stereocenters. The predicted molar refractivity (Wildman–Crippen MR) is 63.7 cm³/mol. The molecule has 0 aliphatic heterocycles. The molecule has 2 aromatic carbocycles. The number of para-hydroxylation sites is 1. The molecule has 0 radical (unpaired) electrons. The monoisotopic (exact) mass is 236 g/mol. The molecule has 0 N–H and O–H groups in total. The van der Waals surface area contributed by atoms with Gasteiger partial charge in [-0.15, -0.1) is 0 Å². The number of fused-ring (bicyclic) bond motifs is 3. The number of rotatable bonds is 0. The van der Waals surface area contributed by atoms with Gasteiger partial charge in [-0.05, 0) is 18.2 Å². The van der Waals surface area contributed by atoms with Crippen LogP contribution < -0.4 is 0 Å². The van der Waals surface area contributed by atoms with Gasteiger partial charge in [0.15, 0.2) is 5.58 Å². The predicted octanol–water partition coefficient (Wildman–Crippen LogP) is 4.89. The first-order valence-electron chi connectivity index (χ1n) is 4.52. The molecule has 1 aromatic heterocycles. The van der Waals surface area contributed by atoms with Crippen molar-refractivity contribution >= 4 is 45.1 Å². The van der Waals surface area contributed by atoms with E-state index in [1.54, 1.807) is 6.07 Å². The van der Waals surface area contributed by atoms with Gasteiger partial charge >= 0.3 is 0 Å². The molecule has 1 nitrogen and oxygen atoms in total. The van der Waals surface area contributed by atoms with Crippen LogP contribution in [0.25, 0.3) is 21.9 Å². The van der Waals surface area contributed by atoms with Crippen molar-refractivity contribution in [1.82, 2.24) is 0 Å². The molecule has 0 spiro atoms. The molecule has 74 valence electrons. The second-order valence-electron chi connectivity index (χ2n) is 3.33.